The monoisotopic (exact) mass is 319 g/mol. The SMILES string of the molecule is Nc1cc(-c2ccc(I)c(Cl)c2)[nH]n1. The third kappa shape index (κ3) is 1.85. The van der Waals surface area contributed by atoms with Crippen LogP contribution in [0.2, 0.25) is 5.02 Å². The zero-order chi connectivity index (χ0) is 10.1. The van der Waals surface area contributed by atoms with E-state index in [0.717, 1.165) is 19.9 Å². The molecular formula is C9H7ClIN3. The van der Waals surface area contributed by atoms with Gasteiger partial charge in [-0.2, -0.15) is 5.10 Å². The number of nitrogens with zero attached hydrogens (tertiary/aromatic N) is 1. The number of hydrogen-bond acceptors (Lipinski definition) is 2. The Labute approximate surface area is 99.8 Å². The molecule has 0 aliphatic carbocycles. The van der Waals surface area contributed by atoms with E-state index in [1.54, 1.807) is 6.07 Å². The fraction of sp³-hybridized carbons (Fsp3) is 0. The molecule has 2 rings (SSSR count). The van der Waals surface area contributed by atoms with Gasteiger partial charge in [0.15, 0.2) is 0 Å². The average molecular weight is 320 g/mol. The van der Waals surface area contributed by atoms with Crippen molar-refractivity contribution in [2.75, 3.05) is 5.73 Å². The number of aromatic amines is 1. The molecule has 72 valence electrons. The van der Waals surface area contributed by atoms with Crippen LogP contribution in [0.1, 0.15) is 0 Å². The standard InChI is InChI=1S/C9H7ClIN3/c10-6-3-5(1-2-7(6)11)8-4-9(12)14-13-8/h1-4H,(H3,12,13,14). The first-order chi connectivity index (χ1) is 6.66. The van der Waals surface area contributed by atoms with E-state index in [1.165, 1.54) is 0 Å². The highest BCUT2D eigenvalue weighted by molar-refractivity contribution is 14.1. The maximum Gasteiger partial charge on any atom is 0.145 e. The van der Waals surface area contributed by atoms with Crippen molar-refractivity contribution in [2.45, 2.75) is 0 Å². The normalized spacial score (nSPS) is 10.4. The van der Waals surface area contributed by atoms with Gasteiger partial charge < -0.3 is 5.73 Å². The predicted molar refractivity (Wildman–Crippen MR) is 66.2 cm³/mol. The largest absolute Gasteiger partial charge is 0.382 e. The van der Waals surface area contributed by atoms with Gasteiger partial charge in [-0.05, 0) is 34.7 Å². The van der Waals surface area contributed by atoms with Crippen molar-refractivity contribution in [3.05, 3.63) is 32.9 Å². The first-order valence-electron chi connectivity index (χ1n) is 3.93. The molecule has 14 heavy (non-hydrogen) atoms. The van der Waals surface area contributed by atoms with Crippen molar-refractivity contribution < 1.29 is 0 Å². The lowest BCUT2D eigenvalue weighted by molar-refractivity contribution is 1.10. The van der Waals surface area contributed by atoms with E-state index < -0.39 is 0 Å². The second-order valence-corrected chi connectivity index (χ2v) is 4.40. The molecule has 1 heterocycles. The van der Waals surface area contributed by atoms with Crippen molar-refractivity contribution in [1.82, 2.24) is 10.2 Å². The second kappa shape index (κ2) is 3.78. The van der Waals surface area contributed by atoms with E-state index in [9.17, 15) is 0 Å². The highest BCUT2D eigenvalue weighted by atomic mass is 127. The molecule has 2 aromatic rings. The van der Waals surface area contributed by atoms with Gasteiger partial charge in [-0.3, -0.25) is 5.10 Å². The molecule has 3 nitrogen and oxygen atoms in total. The molecule has 5 heteroatoms. The molecule has 0 unspecified atom stereocenters. The molecule has 0 aliphatic rings. The minimum Gasteiger partial charge on any atom is -0.382 e. The fourth-order valence-electron chi connectivity index (χ4n) is 1.15. The Kier molecular flexibility index (Phi) is 2.64. The number of H-pyrrole nitrogens is 1. The minimum absolute atomic E-state index is 0.481. The van der Waals surface area contributed by atoms with Gasteiger partial charge in [0.05, 0.1) is 10.7 Å². The number of nitrogen functional groups attached to an aromatic ring is 1. The van der Waals surface area contributed by atoms with Crippen LogP contribution in [-0.2, 0) is 0 Å². The van der Waals surface area contributed by atoms with Crippen LogP contribution >= 0.6 is 34.2 Å². The van der Waals surface area contributed by atoms with Crippen LogP contribution in [0.15, 0.2) is 24.3 Å². The smallest absolute Gasteiger partial charge is 0.145 e. The van der Waals surface area contributed by atoms with Gasteiger partial charge in [-0.1, -0.05) is 17.7 Å². The molecule has 0 saturated heterocycles. The van der Waals surface area contributed by atoms with Crippen molar-refractivity contribution in [3.63, 3.8) is 0 Å². The number of nitrogens with two attached hydrogens (primary N) is 1. The van der Waals surface area contributed by atoms with Crippen molar-refractivity contribution in [1.29, 1.82) is 0 Å². The maximum absolute atomic E-state index is 6.00. The number of benzene rings is 1. The Morgan fingerprint density at radius 1 is 1.36 bits per heavy atom. The highest BCUT2D eigenvalue weighted by Gasteiger charge is 2.03. The molecule has 3 N–H and O–H groups in total. The number of aromatic nitrogens is 2. The molecule has 0 amide bonds. The summed E-state index contributed by atoms with van der Waals surface area (Å²) < 4.78 is 1.03. The number of nitrogens with one attached hydrogen (secondary N) is 1. The summed E-state index contributed by atoms with van der Waals surface area (Å²) in [5.41, 5.74) is 7.37. The summed E-state index contributed by atoms with van der Waals surface area (Å²) >= 11 is 8.18. The van der Waals surface area contributed by atoms with E-state index >= 15 is 0 Å². The fourth-order valence-corrected chi connectivity index (χ4v) is 1.66. The highest BCUT2D eigenvalue weighted by Crippen LogP contribution is 2.25. The minimum atomic E-state index is 0.481. The maximum atomic E-state index is 6.00. The molecule has 1 aromatic heterocycles. The van der Waals surface area contributed by atoms with E-state index in [2.05, 4.69) is 32.8 Å². The quantitative estimate of drug-likeness (QED) is 0.794. The van der Waals surface area contributed by atoms with Crippen LogP contribution in [0, 0.1) is 3.57 Å². The Balaban J connectivity index is 2.47. The lowest BCUT2D eigenvalue weighted by Crippen LogP contribution is -1.81. The molecular weight excluding hydrogens is 312 g/mol. The molecule has 0 saturated carbocycles. The Bertz CT molecular complexity index is 467. The summed E-state index contributed by atoms with van der Waals surface area (Å²) in [5.74, 6) is 0.481. The van der Waals surface area contributed by atoms with Crippen LogP contribution in [0.5, 0.6) is 0 Å². The second-order valence-electron chi connectivity index (χ2n) is 2.84. The summed E-state index contributed by atoms with van der Waals surface area (Å²) in [5, 5.41) is 7.42. The van der Waals surface area contributed by atoms with Gasteiger partial charge in [-0.15, -0.1) is 0 Å². The molecule has 0 spiro atoms. The molecule has 0 aliphatic heterocycles. The molecule has 1 aromatic carbocycles. The summed E-state index contributed by atoms with van der Waals surface area (Å²) in [6, 6.07) is 7.59. The number of hydrogen-bond donors (Lipinski definition) is 2. The summed E-state index contributed by atoms with van der Waals surface area (Å²) in [7, 11) is 0. The number of halogens is 2. The van der Waals surface area contributed by atoms with Crippen LogP contribution < -0.4 is 5.73 Å². The van der Waals surface area contributed by atoms with E-state index in [1.807, 2.05) is 18.2 Å². The van der Waals surface area contributed by atoms with Crippen molar-refractivity contribution in [3.8, 4) is 11.3 Å². The van der Waals surface area contributed by atoms with Gasteiger partial charge in [-0.25, -0.2) is 0 Å². The molecule has 0 bridgehead atoms. The van der Waals surface area contributed by atoms with Crippen LogP contribution in [0.4, 0.5) is 5.82 Å². The zero-order valence-electron chi connectivity index (χ0n) is 7.09. The van der Waals surface area contributed by atoms with E-state index in [-0.39, 0.29) is 0 Å². The van der Waals surface area contributed by atoms with Gasteiger partial charge in [0.2, 0.25) is 0 Å². The Morgan fingerprint density at radius 3 is 2.71 bits per heavy atom. The number of anilines is 1. The van der Waals surface area contributed by atoms with Gasteiger partial charge in [0.1, 0.15) is 5.82 Å². The van der Waals surface area contributed by atoms with Crippen LogP contribution in [0.3, 0.4) is 0 Å². The van der Waals surface area contributed by atoms with Crippen molar-refractivity contribution in [2.24, 2.45) is 0 Å². The Morgan fingerprint density at radius 2 is 2.14 bits per heavy atom. The summed E-state index contributed by atoms with van der Waals surface area (Å²) in [4.78, 5) is 0. The third-order valence-corrected chi connectivity index (χ3v) is 3.40. The predicted octanol–water partition coefficient (Wildman–Crippen LogP) is 2.92. The lowest BCUT2D eigenvalue weighted by Gasteiger charge is -1.99. The van der Waals surface area contributed by atoms with Crippen molar-refractivity contribution >= 4 is 40.0 Å². The van der Waals surface area contributed by atoms with Gasteiger partial charge in [0, 0.05) is 15.2 Å². The van der Waals surface area contributed by atoms with E-state index in [0.29, 0.717) is 5.82 Å². The molecule has 0 fully saturated rings. The number of rotatable bonds is 1. The first kappa shape index (κ1) is 9.79. The summed E-state index contributed by atoms with van der Waals surface area (Å²) in [6.07, 6.45) is 0. The van der Waals surface area contributed by atoms with Crippen LogP contribution in [-0.4, -0.2) is 10.2 Å². The van der Waals surface area contributed by atoms with Gasteiger partial charge >= 0.3 is 0 Å². The Hall–Kier alpha value is -0.750. The molecule has 0 radical (unpaired) electrons. The average Bonchev–Trinajstić information content (AvgIpc) is 2.57. The zero-order valence-corrected chi connectivity index (χ0v) is 10.0. The summed E-state index contributed by atoms with van der Waals surface area (Å²) in [6.45, 7) is 0. The third-order valence-electron chi connectivity index (χ3n) is 1.83. The topological polar surface area (TPSA) is 54.7 Å². The lowest BCUT2D eigenvalue weighted by atomic mass is 10.1. The van der Waals surface area contributed by atoms with Gasteiger partial charge in [0.25, 0.3) is 0 Å². The molecule has 0 atom stereocenters. The van der Waals surface area contributed by atoms with E-state index in [4.69, 9.17) is 17.3 Å². The van der Waals surface area contributed by atoms with Crippen LogP contribution in [0.25, 0.3) is 11.3 Å². The first-order valence-corrected chi connectivity index (χ1v) is 5.39.